The fourth-order valence-corrected chi connectivity index (χ4v) is 4.37. The van der Waals surface area contributed by atoms with Crippen LogP contribution in [0, 0.1) is 19.8 Å². The van der Waals surface area contributed by atoms with E-state index in [-0.39, 0.29) is 23.7 Å². The summed E-state index contributed by atoms with van der Waals surface area (Å²) in [5, 5.41) is 0. The summed E-state index contributed by atoms with van der Waals surface area (Å²) in [6.45, 7) is 8.71. The predicted molar refractivity (Wildman–Crippen MR) is 127 cm³/mol. The smallest absolute Gasteiger partial charge is 0.316 e. The molecule has 1 amide bonds. The molecule has 164 valence electrons. The van der Waals surface area contributed by atoms with Gasteiger partial charge in [0.1, 0.15) is 5.75 Å². The van der Waals surface area contributed by atoms with Crippen molar-refractivity contribution in [3.8, 4) is 5.75 Å². The lowest BCUT2D eigenvalue weighted by Gasteiger charge is -2.26. The number of hydrogen-bond acceptors (Lipinski definition) is 3. The van der Waals surface area contributed by atoms with Crippen LogP contribution >= 0.6 is 0 Å². The van der Waals surface area contributed by atoms with Crippen LogP contribution in [-0.2, 0) is 15.0 Å². The van der Waals surface area contributed by atoms with Crippen LogP contribution in [0.5, 0.6) is 5.75 Å². The molecule has 0 aliphatic carbocycles. The van der Waals surface area contributed by atoms with Gasteiger partial charge in [0.15, 0.2) is 0 Å². The van der Waals surface area contributed by atoms with Gasteiger partial charge in [0.25, 0.3) is 0 Å². The lowest BCUT2D eigenvalue weighted by molar-refractivity contribution is -0.139. The van der Waals surface area contributed by atoms with Crippen LogP contribution < -0.4 is 9.64 Å². The van der Waals surface area contributed by atoms with Crippen LogP contribution in [0.2, 0.25) is 0 Å². The van der Waals surface area contributed by atoms with E-state index in [1.165, 1.54) is 5.56 Å². The number of carbonyl (C=O) groups excluding carboxylic acids is 2. The Morgan fingerprint density at radius 2 is 1.59 bits per heavy atom. The van der Waals surface area contributed by atoms with Gasteiger partial charge in [-0.15, -0.1) is 0 Å². The predicted octanol–water partition coefficient (Wildman–Crippen LogP) is 5.59. The second-order valence-corrected chi connectivity index (χ2v) is 9.13. The molecule has 4 rings (SSSR count). The quantitative estimate of drug-likeness (QED) is 0.394. The van der Waals surface area contributed by atoms with Crippen LogP contribution in [0.3, 0.4) is 0 Å². The van der Waals surface area contributed by atoms with Gasteiger partial charge in [-0.05, 0) is 48.7 Å². The van der Waals surface area contributed by atoms with Crippen molar-refractivity contribution in [3.05, 3.63) is 95.1 Å². The Hall–Kier alpha value is -3.40. The highest BCUT2D eigenvalue weighted by molar-refractivity contribution is 6.00. The topological polar surface area (TPSA) is 46.6 Å². The second kappa shape index (κ2) is 8.62. The Morgan fingerprint density at radius 3 is 2.25 bits per heavy atom. The van der Waals surface area contributed by atoms with Crippen molar-refractivity contribution >= 4 is 17.6 Å². The maximum absolute atomic E-state index is 12.8. The molecule has 1 fully saturated rings. The minimum absolute atomic E-state index is 0.0427. The van der Waals surface area contributed by atoms with E-state index in [0.717, 1.165) is 22.4 Å². The summed E-state index contributed by atoms with van der Waals surface area (Å²) >= 11 is 0. The van der Waals surface area contributed by atoms with Gasteiger partial charge in [-0.25, -0.2) is 0 Å². The molecule has 4 heteroatoms. The van der Waals surface area contributed by atoms with Crippen LogP contribution in [0.15, 0.2) is 72.8 Å². The molecule has 0 aromatic heterocycles. The molecule has 1 heterocycles. The zero-order valence-corrected chi connectivity index (χ0v) is 19.1. The SMILES string of the molecule is Cc1ccc(N2C[C@H](C(=O)Oc3ccc(C(C)(C)c4ccccc4)cc3)CC2=O)c(C)c1. The molecule has 3 aromatic carbocycles. The minimum atomic E-state index is -0.469. The Labute approximate surface area is 189 Å². The van der Waals surface area contributed by atoms with Crippen LogP contribution in [0.1, 0.15) is 42.5 Å². The third-order valence-corrected chi connectivity index (χ3v) is 6.39. The minimum Gasteiger partial charge on any atom is -0.426 e. The Balaban J connectivity index is 1.44. The van der Waals surface area contributed by atoms with Crippen molar-refractivity contribution in [2.45, 2.75) is 39.5 Å². The number of rotatable bonds is 5. The first-order chi connectivity index (χ1) is 15.3. The molecular weight excluding hydrogens is 398 g/mol. The molecule has 3 aromatic rings. The third-order valence-electron chi connectivity index (χ3n) is 6.39. The molecule has 0 saturated carbocycles. The van der Waals surface area contributed by atoms with E-state index in [9.17, 15) is 9.59 Å². The van der Waals surface area contributed by atoms with Crippen molar-refractivity contribution in [1.29, 1.82) is 0 Å². The number of benzene rings is 3. The number of hydrogen-bond donors (Lipinski definition) is 0. The van der Waals surface area contributed by atoms with E-state index >= 15 is 0 Å². The van der Waals surface area contributed by atoms with Crippen LogP contribution in [0.25, 0.3) is 0 Å². The van der Waals surface area contributed by atoms with Crippen molar-refractivity contribution < 1.29 is 14.3 Å². The monoisotopic (exact) mass is 427 g/mol. The highest BCUT2D eigenvalue weighted by Gasteiger charge is 2.37. The average molecular weight is 428 g/mol. The normalized spacial score (nSPS) is 16.3. The van der Waals surface area contributed by atoms with E-state index in [1.807, 2.05) is 74.5 Å². The summed E-state index contributed by atoms with van der Waals surface area (Å²) in [5.41, 5.74) is 5.25. The number of ether oxygens (including phenoxy) is 1. The maximum atomic E-state index is 12.8. The first kappa shape index (κ1) is 21.8. The fourth-order valence-electron chi connectivity index (χ4n) is 4.37. The number of esters is 1. The number of anilines is 1. The summed E-state index contributed by atoms with van der Waals surface area (Å²) in [6.07, 6.45) is 0.172. The Kier molecular flexibility index (Phi) is 5.88. The number of amides is 1. The lowest BCUT2D eigenvalue weighted by atomic mass is 9.78. The maximum Gasteiger partial charge on any atom is 0.316 e. The number of carbonyl (C=O) groups is 2. The second-order valence-electron chi connectivity index (χ2n) is 9.13. The summed E-state index contributed by atoms with van der Waals surface area (Å²) in [5.74, 6) is -0.372. The van der Waals surface area contributed by atoms with E-state index in [4.69, 9.17) is 4.74 Å². The fraction of sp³-hybridized carbons (Fsp3) is 0.286. The molecule has 0 N–H and O–H groups in total. The molecule has 1 aliphatic rings. The first-order valence-electron chi connectivity index (χ1n) is 11.0. The molecule has 1 atom stereocenters. The van der Waals surface area contributed by atoms with Crippen molar-refractivity contribution in [2.75, 3.05) is 11.4 Å². The molecule has 1 saturated heterocycles. The first-order valence-corrected chi connectivity index (χ1v) is 11.0. The molecular formula is C28H29NO3. The van der Waals surface area contributed by atoms with Gasteiger partial charge in [-0.2, -0.15) is 0 Å². The standard InChI is InChI=1S/C28H29NO3/c1-19-10-15-25(20(2)16-19)29-18-21(17-26(29)30)27(31)32-24-13-11-23(12-14-24)28(3,4)22-8-6-5-7-9-22/h5-16,21H,17-18H2,1-4H3/t21-/m1/s1. The molecule has 0 bridgehead atoms. The van der Waals surface area contributed by atoms with Crippen LogP contribution in [-0.4, -0.2) is 18.4 Å². The highest BCUT2D eigenvalue weighted by Crippen LogP contribution is 2.33. The summed E-state index contributed by atoms with van der Waals surface area (Å²) < 4.78 is 5.64. The van der Waals surface area contributed by atoms with Gasteiger partial charge >= 0.3 is 5.97 Å². The van der Waals surface area contributed by atoms with Gasteiger partial charge in [0.05, 0.1) is 5.92 Å². The summed E-state index contributed by atoms with van der Waals surface area (Å²) in [4.78, 5) is 27.1. The molecule has 32 heavy (non-hydrogen) atoms. The highest BCUT2D eigenvalue weighted by atomic mass is 16.5. The van der Waals surface area contributed by atoms with Gasteiger partial charge in [0.2, 0.25) is 5.91 Å². The molecule has 1 aliphatic heterocycles. The van der Waals surface area contributed by atoms with Gasteiger partial charge < -0.3 is 9.64 Å². The number of aryl methyl sites for hydroxylation is 2. The molecule has 0 spiro atoms. The largest absolute Gasteiger partial charge is 0.426 e. The summed E-state index contributed by atoms with van der Waals surface area (Å²) in [7, 11) is 0. The van der Waals surface area contributed by atoms with E-state index in [1.54, 1.807) is 4.90 Å². The van der Waals surface area contributed by atoms with E-state index in [0.29, 0.717) is 12.3 Å². The Morgan fingerprint density at radius 1 is 0.938 bits per heavy atom. The zero-order chi connectivity index (χ0) is 22.9. The van der Waals surface area contributed by atoms with E-state index < -0.39 is 5.92 Å². The zero-order valence-electron chi connectivity index (χ0n) is 19.1. The van der Waals surface area contributed by atoms with Crippen LogP contribution in [0.4, 0.5) is 5.69 Å². The van der Waals surface area contributed by atoms with Gasteiger partial charge in [0, 0.05) is 24.1 Å². The molecule has 0 radical (unpaired) electrons. The lowest BCUT2D eigenvalue weighted by Crippen LogP contribution is -2.27. The number of nitrogens with zero attached hydrogens (tertiary/aromatic N) is 1. The summed E-state index contributed by atoms with van der Waals surface area (Å²) in [6, 6.07) is 24.0. The Bertz CT molecular complexity index is 1130. The van der Waals surface area contributed by atoms with Crippen molar-refractivity contribution in [3.63, 3.8) is 0 Å². The molecule has 0 unspecified atom stereocenters. The van der Waals surface area contributed by atoms with Crippen molar-refractivity contribution in [2.24, 2.45) is 5.92 Å². The van der Waals surface area contributed by atoms with Gasteiger partial charge in [-0.3, -0.25) is 9.59 Å². The third kappa shape index (κ3) is 4.31. The average Bonchev–Trinajstić information content (AvgIpc) is 3.16. The molecule has 4 nitrogen and oxygen atoms in total. The van der Waals surface area contributed by atoms with Gasteiger partial charge in [-0.1, -0.05) is 74.0 Å². The van der Waals surface area contributed by atoms with Crippen molar-refractivity contribution in [1.82, 2.24) is 0 Å². The van der Waals surface area contributed by atoms with E-state index in [2.05, 4.69) is 26.0 Å².